The summed E-state index contributed by atoms with van der Waals surface area (Å²) < 4.78 is 2.17. The number of imidazole rings is 1. The van der Waals surface area contributed by atoms with Gasteiger partial charge < -0.3 is 5.32 Å². The fourth-order valence-electron chi connectivity index (χ4n) is 3.08. The first-order chi connectivity index (χ1) is 12.0. The van der Waals surface area contributed by atoms with E-state index in [-0.39, 0.29) is 11.9 Å². The second-order valence-corrected chi connectivity index (χ2v) is 6.46. The van der Waals surface area contributed by atoms with Crippen LogP contribution in [0.4, 0.5) is 0 Å². The molecule has 2 aromatic carbocycles. The average molecular weight is 335 g/mol. The summed E-state index contributed by atoms with van der Waals surface area (Å²) in [7, 11) is 0. The Morgan fingerprint density at radius 3 is 2.68 bits per heavy atom. The number of nitrogens with one attached hydrogen (secondary N) is 1. The molecule has 1 atom stereocenters. The zero-order valence-corrected chi connectivity index (χ0v) is 15.3. The summed E-state index contributed by atoms with van der Waals surface area (Å²) >= 11 is 0. The highest BCUT2D eigenvalue weighted by Crippen LogP contribution is 2.25. The summed E-state index contributed by atoms with van der Waals surface area (Å²) in [5, 5.41) is 3.01. The van der Waals surface area contributed by atoms with Gasteiger partial charge in [-0.15, -0.1) is 0 Å². The Balaban J connectivity index is 2.06. The van der Waals surface area contributed by atoms with Crippen LogP contribution in [0.25, 0.3) is 16.7 Å². The molecule has 0 radical (unpaired) electrons. The van der Waals surface area contributed by atoms with Crippen molar-refractivity contribution < 1.29 is 4.79 Å². The molecule has 1 heterocycles. The topological polar surface area (TPSA) is 46.9 Å². The van der Waals surface area contributed by atoms with Gasteiger partial charge >= 0.3 is 0 Å². The van der Waals surface area contributed by atoms with Crippen molar-refractivity contribution >= 4 is 16.9 Å². The van der Waals surface area contributed by atoms with Crippen LogP contribution in [-0.2, 0) is 6.42 Å². The van der Waals surface area contributed by atoms with E-state index in [1.165, 1.54) is 5.56 Å². The van der Waals surface area contributed by atoms with E-state index >= 15 is 0 Å². The van der Waals surface area contributed by atoms with E-state index in [4.69, 9.17) is 4.98 Å². The molecule has 1 N–H and O–H groups in total. The zero-order valence-electron chi connectivity index (χ0n) is 15.3. The van der Waals surface area contributed by atoms with E-state index in [9.17, 15) is 4.79 Å². The Morgan fingerprint density at radius 1 is 1.20 bits per heavy atom. The minimum atomic E-state index is -0.0441. The van der Waals surface area contributed by atoms with Gasteiger partial charge in [0.15, 0.2) is 0 Å². The van der Waals surface area contributed by atoms with Gasteiger partial charge in [0.05, 0.1) is 16.7 Å². The van der Waals surface area contributed by atoms with Gasteiger partial charge in [0.2, 0.25) is 0 Å². The van der Waals surface area contributed by atoms with Crippen LogP contribution < -0.4 is 5.32 Å². The van der Waals surface area contributed by atoms with E-state index in [1.54, 1.807) is 0 Å². The summed E-state index contributed by atoms with van der Waals surface area (Å²) in [5.74, 6) is 0.882. The summed E-state index contributed by atoms with van der Waals surface area (Å²) in [6.07, 6.45) is 1.88. The Hall–Kier alpha value is -2.62. The third-order valence-electron chi connectivity index (χ3n) is 4.69. The second kappa shape index (κ2) is 7.09. The number of fused-ring (bicyclic) bond motifs is 1. The molecule has 0 aliphatic carbocycles. The first-order valence-corrected chi connectivity index (χ1v) is 8.93. The molecular formula is C21H25N3O. The molecule has 0 aliphatic heterocycles. The molecule has 4 heteroatoms. The summed E-state index contributed by atoms with van der Waals surface area (Å²) in [5.41, 5.74) is 4.96. The molecule has 0 aliphatic rings. The number of carbonyl (C=O) groups is 1. The maximum Gasteiger partial charge on any atom is 0.251 e. The smallest absolute Gasteiger partial charge is 0.251 e. The third kappa shape index (κ3) is 3.29. The SMILES string of the molecule is CCc1ccccc1-n1c(C)nc2cc(C(=O)NC(C)CC)ccc21. The van der Waals surface area contributed by atoms with Gasteiger partial charge in [-0.2, -0.15) is 0 Å². The molecule has 130 valence electrons. The lowest BCUT2D eigenvalue weighted by molar-refractivity contribution is 0.0939. The number of hydrogen-bond acceptors (Lipinski definition) is 2. The molecule has 0 fully saturated rings. The van der Waals surface area contributed by atoms with Crippen LogP contribution in [0, 0.1) is 6.92 Å². The van der Waals surface area contributed by atoms with Gasteiger partial charge in [-0.3, -0.25) is 9.36 Å². The normalized spacial score (nSPS) is 12.3. The number of aryl methyl sites for hydroxylation is 2. The van der Waals surface area contributed by atoms with Gasteiger partial charge in [0, 0.05) is 11.6 Å². The molecule has 0 saturated carbocycles. The van der Waals surface area contributed by atoms with Gasteiger partial charge in [-0.25, -0.2) is 4.98 Å². The van der Waals surface area contributed by atoms with E-state index in [0.717, 1.165) is 35.4 Å². The zero-order chi connectivity index (χ0) is 18.0. The van der Waals surface area contributed by atoms with Gasteiger partial charge in [-0.1, -0.05) is 32.0 Å². The molecule has 3 aromatic rings. The average Bonchev–Trinajstić information content (AvgIpc) is 2.96. The van der Waals surface area contributed by atoms with Crippen LogP contribution in [0.2, 0.25) is 0 Å². The van der Waals surface area contributed by atoms with Crippen molar-refractivity contribution in [3.63, 3.8) is 0 Å². The number of nitrogens with zero attached hydrogens (tertiary/aromatic N) is 2. The fourth-order valence-corrected chi connectivity index (χ4v) is 3.08. The van der Waals surface area contributed by atoms with Crippen LogP contribution in [0.5, 0.6) is 0 Å². The second-order valence-electron chi connectivity index (χ2n) is 6.46. The number of para-hydroxylation sites is 1. The van der Waals surface area contributed by atoms with Crippen LogP contribution in [0.3, 0.4) is 0 Å². The molecule has 3 rings (SSSR count). The standard InChI is InChI=1S/C21H25N3O/c1-5-14(3)22-21(25)17-11-12-20-18(13-17)23-15(4)24(20)19-10-8-7-9-16(19)6-2/h7-14H,5-6H2,1-4H3,(H,22,25). The Bertz CT molecular complexity index is 911. The highest BCUT2D eigenvalue weighted by Gasteiger charge is 2.15. The van der Waals surface area contributed by atoms with Crippen molar-refractivity contribution in [2.75, 3.05) is 0 Å². The van der Waals surface area contributed by atoms with Crippen LogP contribution >= 0.6 is 0 Å². The molecular weight excluding hydrogens is 310 g/mol. The first kappa shape index (κ1) is 17.2. The number of rotatable bonds is 5. The molecule has 0 bridgehead atoms. The Morgan fingerprint density at radius 2 is 1.96 bits per heavy atom. The Kier molecular flexibility index (Phi) is 4.88. The minimum Gasteiger partial charge on any atom is -0.350 e. The highest BCUT2D eigenvalue weighted by atomic mass is 16.1. The van der Waals surface area contributed by atoms with Crippen molar-refractivity contribution in [2.24, 2.45) is 0 Å². The van der Waals surface area contributed by atoms with E-state index in [0.29, 0.717) is 5.56 Å². The fraction of sp³-hybridized carbons (Fsp3) is 0.333. The molecule has 4 nitrogen and oxygen atoms in total. The van der Waals surface area contributed by atoms with Gasteiger partial charge in [-0.05, 0) is 56.5 Å². The predicted octanol–water partition coefficient (Wildman–Crippen LogP) is 4.42. The maximum atomic E-state index is 12.4. The monoisotopic (exact) mass is 335 g/mol. The first-order valence-electron chi connectivity index (χ1n) is 8.93. The van der Waals surface area contributed by atoms with Crippen molar-refractivity contribution in [1.29, 1.82) is 0 Å². The molecule has 0 spiro atoms. The number of aromatic nitrogens is 2. The quantitative estimate of drug-likeness (QED) is 0.750. The molecule has 0 saturated heterocycles. The minimum absolute atomic E-state index is 0.0441. The molecule has 1 amide bonds. The van der Waals surface area contributed by atoms with Crippen molar-refractivity contribution in [3.05, 3.63) is 59.4 Å². The summed E-state index contributed by atoms with van der Waals surface area (Å²) in [6, 6.07) is 14.3. The third-order valence-corrected chi connectivity index (χ3v) is 4.69. The summed E-state index contributed by atoms with van der Waals surface area (Å²) in [6.45, 7) is 8.23. The largest absolute Gasteiger partial charge is 0.350 e. The maximum absolute atomic E-state index is 12.4. The van der Waals surface area contributed by atoms with Crippen LogP contribution in [0.15, 0.2) is 42.5 Å². The van der Waals surface area contributed by atoms with Crippen molar-refractivity contribution in [3.8, 4) is 5.69 Å². The van der Waals surface area contributed by atoms with Crippen molar-refractivity contribution in [2.45, 2.75) is 46.6 Å². The van der Waals surface area contributed by atoms with Crippen molar-refractivity contribution in [1.82, 2.24) is 14.9 Å². The van der Waals surface area contributed by atoms with Crippen LogP contribution in [0.1, 0.15) is 48.9 Å². The van der Waals surface area contributed by atoms with Gasteiger partial charge in [0.25, 0.3) is 5.91 Å². The lowest BCUT2D eigenvalue weighted by atomic mass is 10.1. The van der Waals surface area contributed by atoms with E-state index < -0.39 is 0 Å². The molecule has 25 heavy (non-hydrogen) atoms. The number of carbonyl (C=O) groups excluding carboxylic acids is 1. The molecule has 1 aromatic heterocycles. The number of hydrogen-bond donors (Lipinski definition) is 1. The highest BCUT2D eigenvalue weighted by molar-refractivity contribution is 5.97. The lowest BCUT2D eigenvalue weighted by Crippen LogP contribution is -2.31. The van der Waals surface area contributed by atoms with Gasteiger partial charge in [0.1, 0.15) is 5.82 Å². The number of amides is 1. The number of benzene rings is 2. The lowest BCUT2D eigenvalue weighted by Gasteiger charge is -2.13. The van der Waals surface area contributed by atoms with Crippen LogP contribution in [-0.4, -0.2) is 21.5 Å². The van der Waals surface area contributed by atoms with E-state index in [2.05, 4.69) is 41.9 Å². The van der Waals surface area contributed by atoms with E-state index in [1.807, 2.05) is 38.1 Å². The Labute approximate surface area is 148 Å². The summed E-state index contributed by atoms with van der Waals surface area (Å²) in [4.78, 5) is 17.1. The molecule has 1 unspecified atom stereocenters. The predicted molar refractivity (Wildman–Crippen MR) is 102 cm³/mol.